The number of aromatic nitrogens is 1. The monoisotopic (exact) mass is 256 g/mol. The summed E-state index contributed by atoms with van der Waals surface area (Å²) in [6, 6.07) is 13.3. The molecule has 0 saturated heterocycles. The SMILES string of the molecule is CCOc1ccccc1-c1ccc(C#N)c(=S)[nH]1. The third-order valence-corrected chi connectivity index (χ3v) is 2.83. The summed E-state index contributed by atoms with van der Waals surface area (Å²) in [5.74, 6) is 0.801. The van der Waals surface area contributed by atoms with E-state index in [1.807, 2.05) is 43.3 Å². The van der Waals surface area contributed by atoms with E-state index in [0.717, 1.165) is 17.0 Å². The Bertz CT molecular complexity index is 655. The highest BCUT2D eigenvalue weighted by Crippen LogP contribution is 2.28. The third kappa shape index (κ3) is 2.41. The number of nitriles is 1. The molecule has 3 nitrogen and oxygen atoms in total. The van der Waals surface area contributed by atoms with Crippen LogP contribution in [0.25, 0.3) is 11.3 Å². The molecule has 0 spiro atoms. The molecule has 90 valence electrons. The normalized spacial score (nSPS) is 9.78. The first-order valence-corrected chi connectivity index (χ1v) is 6.02. The summed E-state index contributed by atoms with van der Waals surface area (Å²) in [7, 11) is 0. The Kier molecular flexibility index (Phi) is 3.75. The molecule has 0 unspecified atom stereocenters. The van der Waals surface area contributed by atoms with E-state index in [2.05, 4.69) is 4.98 Å². The number of hydrogen-bond donors (Lipinski definition) is 1. The Morgan fingerprint density at radius 1 is 1.28 bits per heavy atom. The van der Waals surface area contributed by atoms with Crippen molar-refractivity contribution in [3.05, 3.63) is 46.6 Å². The van der Waals surface area contributed by atoms with Crippen molar-refractivity contribution in [3.63, 3.8) is 0 Å². The molecule has 1 heterocycles. The van der Waals surface area contributed by atoms with Gasteiger partial charge in [-0.25, -0.2) is 0 Å². The molecule has 1 aromatic heterocycles. The van der Waals surface area contributed by atoms with Crippen LogP contribution in [0, 0.1) is 16.0 Å². The molecule has 2 rings (SSSR count). The van der Waals surface area contributed by atoms with Gasteiger partial charge in [0.05, 0.1) is 17.9 Å². The largest absolute Gasteiger partial charge is 0.493 e. The van der Waals surface area contributed by atoms with Gasteiger partial charge in [-0.3, -0.25) is 0 Å². The molecule has 0 bridgehead atoms. The number of hydrogen-bond acceptors (Lipinski definition) is 3. The number of nitrogens with one attached hydrogen (secondary N) is 1. The highest BCUT2D eigenvalue weighted by Gasteiger charge is 2.06. The van der Waals surface area contributed by atoms with Crippen LogP contribution in [0.3, 0.4) is 0 Å². The molecule has 0 aliphatic rings. The van der Waals surface area contributed by atoms with Crippen molar-refractivity contribution in [2.75, 3.05) is 6.61 Å². The van der Waals surface area contributed by atoms with Crippen LogP contribution >= 0.6 is 12.2 Å². The summed E-state index contributed by atoms with van der Waals surface area (Å²) < 4.78 is 6.01. The van der Waals surface area contributed by atoms with Crippen molar-refractivity contribution in [3.8, 4) is 23.1 Å². The van der Waals surface area contributed by atoms with Gasteiger partial charge in [-0.1, -0.05) is 24.4 Å². The number of nitrogens with zero attached hydrogens (tertiary/aromatic N) is 1. The third-order valence-electron chi connectivity index (χ3n) is 2.51. The minimum absolute atomic E-state index is 0.446. The fourth-order valence-corrected chi connectivity index (χ4v) is 1.91. The first-order chi connectivity index (χ1) is 8.76. The maximum Gasteiger partial charge on any atom is 0.128 e. The Morgan fingerprint density at radius 3 is 2.72 bits per heavy atom. The zero-order chi connectivity index (χ0) is 13.0. The molecular weight excluding hydrogens is 244 g/mol. The lowest BCUT2D eigenvalue weighted by Crippen LogP contribution is -1.95. The van der Waals surface area contributed by atoms with Gasteiger partial charge < -0.3 is 9.72 Å². The van der Waals surface area contributed by atoms with Crippen LogP contribution in [-0.2, 0) is 0 Å². The standard InChI is InChI=1S/C14H12N2OS/c1-2-17-13-6-4-3-5-11(13)12-8-7-10(9-15)14(18)16-12/h3-8H,2H2,1H3,(H,16,18). The molecule has 1 aromatic carbocycles. The van der Waals surface area contributed by atoms with Crippen LogP contribution in [0.15, 0.2) is 36.4 Å². The van der Waals surface area contributed by atoms with Gasteiger partial charge in [-0.05, 0) is 31.2 Å². The number of ether oxygens (including phenoxy) is 1. The number of aromatic amines is 1. The van der Waals surface area contributed by atoms with Gasteiger partial charge in [0.15, 0.2) is 0 Å². The second kappa shape index (κ2) is 5.48. The van der Waals surface area contributed by atoms with Crippen LogP contribution in [0.5, 0.6) is 5.75 Å². The highest BCUT2D eigenvalue weighted by atomic mass is 32.1. The molecule has 0 saturated carbocycles. The summed E-state index contributed by atoms with van der Waals surface area (Å²) in [4.78, 5) is 3.05. The lowest BCUT2D eigenvalue weighted by Gasteiger charge is -2.10. The van der Waals surface area contributed by atoms with Gasteiger partial charge in [-0.15, -0.1) is 0 Å². The summed E-state index contributed by atoms with van der Waals surface area (Å²) in [6.07, 6.45) is 0. The zero-order valence-corrected chi connectivity index (χ0v) is 10.8. The van der Waals surface area contributed by atoms with Gasteiger partial charge in [0, 0.05) is 5.56 Å². The van der Waals surface area contributed by atoms with Crippen LogP contribution < -0.4 is 4.74 Å². The van der Waals surface area contributed by atoms with E-state index in [0.29, 0.717) is 16.8 Å². The zero-order valence-electron chi connectivity index (χ0n) is 9.93. The summed E-state index contributed by atoms with van der Waals surface area (Å²) in [5.41, 5.74) is 2.26. The number of benzene rings is 1. The maximum atomic E-state index is 8.86. The average molecular weight is 256 g/mol. The summed E-state index contributed by atoms with van der Waals surface area (Å²) in [5, 5.41) is 8.86. The lowest BCUT2D eigenvalue weighted by atomic mass is 10.1. The Hall–Kier alpha value is -2.12. The minimum Gasteiger partial charge on any atom is -0.493 e. The first kappa shape index (κ1) is 12.3. The van der Waals surface area contributed by atoms with E-state index in [1.165, 1.54) is 0 Å². The summed E-state index contributed by atoms with van der Waals surface area (Å²) >= 11 is 5.13. The Balaban J connectivity index is 2.53. The van der Waals surface area contributed by atoms with E-state index in [-0.39, 0.29) is 0 Å². The molecular formula is C14H12N2OS. The molecule has 0 amide bonds. The van der Waals surface area contributed by atoms with Gasteiger partial charge in [0.2, 0.25) is 0 Å². The van der Waals surface area contributed by atoms with Crippen molar-refractivity contribution in [1.82, 2.24) is 4.98 Å². The number of para-hydroxylation sites is 1. The molecule has 0 radical (unpaired) electrons. The Morgan fingerprint density at radius 2 is 2.06 bits per heavy atom. The molecule has 0 atom stereocenters. The molecule has 2 aromatic rings. The second-order valence-corrected chi connectivity index (χ2v) is 4.06. The maximum absolute atomic E-state index is 8.86. The lowest BCUT2D eigenvalue weighted by molar-refractivity contribution is 0.341. The fraction of sp³-hybridized carbons (Fsp3) is 0.143. The van der Waals surface area contributed by atoms with E-state index < -0.39 is 0 Å². The average Bonchev–Trinajstić information content (AvgIpc) is 2.40. The smallest absolute Gasteiger partial charge is 0.128 e. The second-order valence-electron chi connectivity index (χ2n) is 3.66. The predicted octanol–water partition coefficient (Wildman–Crippen LogP) is 3.68. The summed E-state index contributed by atoms with van der Waals surface area (Å²) in [6.45, 7) is 2.55. The first-order valence-electron chi connectivity index (χ1n) is 5.62. The van der Waals surface area contributed by atoms with Gasteiger partial charge in [0.25, 0.3) is 0 Å². The van der Waals surface area contributed by atoms with Crippen LogP contribution in [0.4, 0.5) is 0 Å². The minimum atomic E-state index is 0.446. The molecule has 0 fully saturated rings. The molecule has 4 heteroatoms. The number of rotatable bonds is 3. The van der Waals surface area contributed by atoms with Gasteiger partial charge >= 0.3 is 0 Å². The van der Waals surface area contributed by atoms with E-state index in [1.54, 1.807) is 6.07 Å². The van der Waals surface area contributed by atoms with E-state index in [4.69, 9.17) is 22.2 Å². The van der Waals surface area contributed by atoms with Crippen LogP contribution in [-0.4, -0.2) is 11.6 Å². The quantitative estimate of drug-likeness (QED) is 0.852. The van der Waals surface area contributed by atoms with Gasteiger partial charge in [0.1, 0.15) is 16.5 Å². The number of H-pyrrole nitrogens is 1. The number of pyridine rings is 1. The molecule has 18 heavy (non-hydrogen) atoms. The van der Waals surface area contributed by atoms with Gasteiger partial charge in [-0.2, -0.15) is 5.26 Å². The fourth-order valence-electron chi connectivity index (χ4n) is 1.69. The molecule has 0 aliphatic heterocycles. The highest BCUT2D eigenvalue weighted by molar-refractivity contribution is 7.71. The van der Waals surface area contributed by atoms with Crippen LogP contribution in [0.1, 0.15) is 12.5 Å². The molecule has 0 aliphatic carbocycles. The van der Waals surface area contributed by atoms with E-state index >= 15 is 0 Å². The molecule has 1 N–H and O–H groups in total. The van der Waals surface area contributed by atoms with Crippen molar-refractivity contribution >= 4 is 12.2 Å². The predicted molar refractivity (Wildman–Crippen MR) is 72.9 cm³/mol. The van der Waals surface area contributed by atoms with Crippen molar-refractivity contribution in [1.29, 1.82) is 5.26 Å². The van der Waals surface area contributed by atoms with Crippen molar-refractivity contribution in [2.45, 2.75) is 6.92 Å². The van der Waals surface area contributed by atoms with Crippen molar-refractivity contribution in [2.24, 2.45) is 0 Å². The van der Waals surface area contributed by atoms with Crippen molar-refractivity contribution < 1.29 is 4.74 Å². The van der Waals surface area contributed by atoms with E-state index in [9.17, 15) is 0 Å². The topological polar surface area (TPSA) is 48.8 Å². The Labute approximate surface area is 111 Å². The van der Waals surface area contributed by atoms with Crippen LogP contribution in [0.2, 0.25) is 0 Å².